The third-order valence-electron chi connectivity index (χ3n) is 2.47. The third-order valence-corrected chi connectivity index (χ3v) is 2.72. The van der Waals surface area contributed by atoms with Crippen LogP contribution in [-0.4, -0.2) is 22.8 Å². The summed E-state index contributed by atoms with van der Waals surface area (Å²) < 4.78 is 4.78. The molecular weight excluding hydrogens is 268 g/mol. The predicted octanol–water partition coefficient (Wildman–Crippen LogP) is 2.27. The minimum absolute atomic E-state index is 0.186. The van der Waals surface area contributed by atoms with Crippen molar-refractivity contribution in [2.45, 2.75) is 6.92 Å². The molecule has 1 heterocycles. The van der Waals surface area contributed by atoms with Gasteiger partial charge in [-0.2, -0.15) is 5.10 Å². The first-order chi connectivity index (χ1) is 9.13. The number of carbonyl (C=O) groups is 1. The van der Waals surface area contributed by atoms with Gasteiger partial charge in [0.25, 0.3) is 0 Å². The number of nitrogens with one attached hydrogen (secondary N) is 1. The molecule has 0 aliphatic carbocycles. The Bertz CT molecular complexity index is 650. The smallest absolute Gasteiger partial charge is 0.362 e. The van der Waals surface area contributed by atoms with E-state index in [-0.39, 0.29) is 12.3 Å². The van der Waals surface area contributed by atoms with E-state index < -0.39 is 11.4 Å². The summed E-state index contributed by atoms with van der Waals surface area (Å²) >= 11 is 5.79. The number of carbonyl (C=O) groups excluding carboxylic acids is 1. The topological polar surface area (TPSA) is 72.0 Å². The Labute approximate surface area is 114 Å². The fourth-order valence-corrected chi connectivity index (χ4v) is 1.71. The molecule has 0 aliphatic rings. The number of rotatable bonds is 3. The van der Waals surface area contributed by atoms with Crippen LogP contribution < -0.4 is 5.43 Å². The zero-order valence-corrected chi connectivity index (χ0v) is 10.9. The minimum Gasteiger partial charge on any atom is -0.461 e. The van der Waals surface area contributed by atoms with Crippen molar-refractivity contribution in [2.75, 3.05) is 6.61 Å². The normalized spacial score (nSPS) is 10.2. The van der Waals surface area contributed by atoms with Gasteiger partial charge in [-0.1, -0.05) is 23.7 Å². The van der Waals surface area contributed by atoms with E-state index in [0.717, 1.165) is 0 Å². The second kappa shape index (κ2) is 5.67. The quantitative estimate of drug-likeness (QED) is 0.874. The monoisotopic (exact) mass is 278 g/mol. The number of hydrogen-bond donors (Lipinski definition) is 1. The molecule has 0 bridgehead atoms. The van der Waals surface area contributed by atoms with E-state index in [1.165, 1.54) is 6.20 Å². The highest BCUT2D eigenvalue weighted by atomic mass is 35.5. The number of nitrogens with zero attached hydrogens (tertiary/aromatic N) is 1. The summed E-state index contributed by atoms with van der Waals surface area (Å²) in [5.41, 5.74) is 0.266. The molecule has 1 aromatic carbocycles. The van der Waals surface area contributed by atoms with Crippen molar-refractivity contribution in [3.8, 4) is 11.1 Å². The average Bonchev–Trinajstić information content (AvgIpc) is 2.40. The molecule has 1 N–H and O–H groups in total. The number of esters is 1. The zero-order valence-electron chi connectivity index (χ0n) is 10.1. The summed E-state index contributed by atoms with van der Waals surface area (Å²) in [6.45, 7) is 1.85. The van der Waals surface area contributed by atoms with Crippen LogP contribution in [0.15, 0.2) is 35.3 Å². The maximum absolute atomic E-state index is 12.2. The summed E-state index contributed by atoms with van der Waals surface area (Å²) in [6.07, 6.45) is 1.44. The van der Waals surface area contributed by atoms with Crippen molar-refractivity contribution in [1.29, 1.82) is 0 Å². The summed E-state index contributed by atoms with van der Waals surface area (Å²) in [4.78, 5) is 23.7. The van der Waals surface area contributed by atoms with Crippen LogP contribution in [0.2, 0.25) is 5.02 Å². The van der Waals surface area contributed by atoms with Gasteiger partial charge in [0.15, 0.2) is 0 Å². The molecule has 0 unspecified atom stereocenters. The zero-order chi connectivity index (χ0) is 13.8. The maximum atomic E-state index is 12.2. The van der Waals surface area contributed by atoms with E-state index in [9.17, 15) is 9.59 Å². The maximum Gasteiger partial charge on any atom is 0.362 e. The number of aromatic nitrogens is 2. The second-order valence-corrected chi connectivity index (χ2v) is 4.14. The number of benzene rings is 1. The van der Waals surface area contributed by atoms with Crippen molar-refractivity contribution >= 4 is 17.6 Å². The van der Waals surface area contributed by atoms with Crippen LogP contribution in [0.1, 0.15) is 17.4 Å². The van der Waals surface area contributed by atoms with Crippen molar-refractivity contribution in [3.63, 3.8) is 0 Å². The average molecular weight is 279 g/mol. The highest BCUT2D eigenvalue weighted by Gasteiger charge is 2.16. The van der Waals surface area contributed by atoms with Gasteiger partial charge in [0.2, 0.25) is 11.1 Å². The summed E-state index contributed by atoms with van der Waals surface area (Å²) in [5, 5.41) is 6.77. The minimum atomic E-state index is -0.737. The Morgan fingerprint density at radius 3 is 2.68 bits per heavy atom. The molecule has 0 radical (unpaired) electrons. The summed E-state index contributed by atoms with van der Waals surface area (Å²) in [6, 6.07) is 6.73. The van der Waals surface area contributed by atoms with Gasteiger partial charge in [-0.15, -0.1) is 0 Å². The van der Waals surface area contributed by atoms with Crippen molar-refractivity contribution in [3.05, 3.63) is 51.4 Å². The Kier molecular flexibility index (Phi) is 3.97. The molecule has 6 heteroatoms. The van der Waals surface area contributed by atoms with Crippen LogP contribution >= 0.6 is 11.6 Å². The van der Waals surface area contributed by atoms with Crippen LogP contribution in [0, 0.1) is 0 Å². The number of halogens is 1. The van der Waals surface area contributed by atoms with E-state index in [1.54, 1.807) is 31.2 Å². The molecule has 5 nitrogen and oxygen atoms in total. The van der Waals surface area contributed by atoms with Crippen molar-refractivity contribution < 1.29 is 9.53 Å². The van der Waals surface area contributed by atoms with Gasteiger partial charge < -0.3 is 4.74 Å². The van der Waals surface area contributed by atoms with Gasteiger partial charge in [-0.3, -0.25) is 9.89 Å². The lowest BCUT2D eigenvalue weighted by molar-refractivity contribution is 0.0516. The molecule has 0 spiro atoms. The van der Waals surface area contributed by atoms with Crippen LogP contribution in [0.25, 0.3) is 11.1 Å². The number of hydrogen-bond acceptors (Lipinski definition) is 4. The summed E-state index contributed by atoms with van der Waals surface area (Å²) in [7, 11) is 0. The van der Waals surface area contributed by atoms with Gasteiger partial charge in [0.05, 0.1) is 6.61 Å². The molecule has 0 fully saturated rings. The molecule has 0 aliphatic heterocycles. The third kappa shape index (κ3) is 2.82. The second-order valence-electron chi connectivity index (χ2n) is 3.70. The SMILES string of the molecule is CCOC(=O)c1n[nH]cc(-c2ccc(Cl)cc2)c1=O. The fraction of sp³-hybridized carbons (Fsp3) is 0.154. The van der Waals surface area contributed by atoms with Gasteiger partial charge in [-0.05, 0) is 24.6 Å². The van der Waals surface area contributed by atoms with Crippen LogP contribution in [0.4, 0.5) is 0 Å². The largest absolute Gasteiger partial charge is 0.461 e. The highest BCUT2D eigenvalue weighted by molar-refractivity contribution is 6.30. The molecule has 0 atom stereocenters. The first-order valence-electron chi connectivity index (χ1n) is 5.64. The number of H-pyrrole nitrogens is 1. The Hall–Kier alpha value is -2.14. The lowest BCUT2D eigenvalue weighted by atomic mass is 10.1. The van der Waals surface area contributed by atoms with Gasteiger partial charge in [0.1, 0.15) is 0 Å². The standard InChI is InChI=1S/C13H11ClN2O3/c1-2-19-13(18)11-12(17)10(7-15-16-11)8-3-5-9(14)6-4-8/h3-7H,2H2,1H3,(H,15,17). The first-order valence-corrected chi connectivity index (χ1v) is 6.02. The van der Waals surface area contributed by atoms with Crippen LogP contribution in [-0.2, 0) is 4.74 Å². The molecule has 98 valence electrons. The Morgan fingerprint density at radius 1 is 1.37 bits per heavy atom. The molecule has 0 saturated heterocycles. The molecule has 2 rings (SSSR count). The Balaban J connectivity index is 2.48. The van der Waals surface area contributed by atoms with E-state index in [1.807, 2.05) is 0 Å². The molecule has 2 aromatic rings. The fourth-order valence-electron chi connectivity index (χ4n) is 1.59. The van der Waals surface area contributed by atoms with Crippen LogP contribution in [0.5, 0.6) is 0 Å². The number of ether oxygens (including phenoxy) is 1. The molecule has 0 saturated carbocycles. The lowest BCUT2D eigenvalue weighted by Crippen LogP contribution is -2.21. The van der Waals surface area contributed by atoms with Gasteiger partial charge >= 0.3 is 5.97 Å². The van der Waals surface area contributed by atoms with Crippen molar-refractivity contribution in [2.24, 2.45) is 0 Å². The Morgan fingerprint density at radius 2 is 2.05 bits per heavy atom. The highest BCUT2D eigenvalue weighted by Crippen LogP contribution is 2.17. The van der Waals surface area contributed by atoms with E-state index >= 15 is 0 Å². The molecule has 19 heavy (non-hydrogen) atoms. The van der Waals surface area contributed by atoms with Gasteiger partial charge in [-0.25, -0.2) is 4.79 Å². The van der Waals surface area contributed by atoms with E-state index in [4.69, 9.17) is 16.3 Å². The first kappa shape index (κ1) is 13.3. The van der Waals surface area contributed by atoms with Crippen LogP contribution in [0.3, 0.4) is 0 Å². The molecular formula is C13H11ClN2O3. The van der Waals surface area contributed by atoms with Gasteiger partial charge in [0, 0.05) is 16.8 Å². The lowest BCUT2D eigenvalue weighted by Gasteiger charge is -2.03. The van der Waals surface area contributed by atoms with Crippen molar-refractivity contribution in [1.82, 2.24) is 10.2 Å². The van der Waals surface area contributed by atoms with E-state index in [0.29, 0.717) is 16.1 Å². The summed E-state index contributed by atoms with van der Waals surface area (Å²) in [5.74, 6) is -0.737. The molecule has 1 aromatic heterocycles. The number of aromatic amines is 1. The molecule has 0 amide bonds. The predicted molar refractivity (Wildman–Crippen MR) is 71.3 cm³/mol. The van der Waals surface area contributed by atoms with E-state index in [2.05, 4.69) is 10.2 Å².